The maximum Gasteiger partial charge on any atom is 0.341 e. The molecule has 27 heavy (non-hydrogen) atoms. The average Bonchev–Trinajstić information content (AvgIpc) is 2.91. The van der Waals surface area contributed by atoms with Crippen LogP contribution in [0.5, 0.6) is 0 Å². The van der Waals surface area contributed by atoms with Gasteiger partial charge >= 0.3 is 5.97 Å². The molecule has 6 nitrogen and oxygen atoms in total. The molecule has 0 radical (unpaired) electrons. The number of carbonyl (C=O) groups excluding carboxylic acids is 3. The predicted molar refractivity (Wildman–Crippen MR) is 103 cm³/mol. The minimum atomic E-state index is -0.733. The molecule has 0 saturated heterocycles. The Morgan fingerprint density at radius 1 is 1.19 bits per heavy atom. The number of rotatable bonds is 6. The van der Waals surface area contributed by atoms with Crippen LogP contribution in [-0.2, 0) is 16.0 Å². The summed E-state index contributed by atoms with van der Waals surface area (Å²) in [7, 11) is 0. The smallest absolute Gasteiger partial charge is 0.341 e. The van der Waals surface area contributed by atoms with Gasteiger partial charge < -0.3 is 15.4 Å². The van der Waals surface area contributed by atoms with E-state index in [0.717, 1.165) is 16.5 Å². The zero-order chi connectivity index (χ0) is 20.1. The minimum Gasteiger partial charge on any atom is -0.462 e. The highest BCUT2D eigenvalue weighted by atomic mass is 32.1. The third-order valence-electron chi connectivity index (χ3n) is 3.80. The van der Waals surface area contributed by atoms with Crippen LogP contribution in [0.2, 0.25) is 0 Å². The van der Waals surface area contributed by atoms with Crippen molar-refractivity contribution in [3.8, 4) is 0 Å². The first kappa shape index (κ1) is 20.6. The summed E-state index contributed by atoms with van der Waals surface area (Å²) in [6.45, 7) is 6.97. The van der Waals surface area contributed by atoms with E-state index in [1.807, 2.05) is 13.8 Å². The van der Waals surface area contributed by atoms with Crippen molar-refractivity contribution in [2.24, 2.45) is 0 Å². The highest BCUT2D eigenvalue weighted by Crippen LogP contribution is 2.34. The summed E-state index contributed by atoms with van der Waals surface area (Å²) in [5, 5.41) is 5.43. The van der Waals surface area contributed by atoms with Crippen LogP contribution in [0.3, 0.4) is 0 Å². The SMILES string of the molecule is CCOC(=O)c1c(NC(=O)c2cc(NC(C)=O)ccc2F)sc(C)c1CC. The van der Waals surface area contributed by atoms with Crippen molar-refractivity contribution >= 4 is 39.8 Å². The number of aryl methyl sites for hydroxylation is 1. The molecular weight excluding hydrogens is 371 g/mol. The molecule has 0 fully saturated rings. The van der Waals surface area contributed by atoms with E-state index in [1.165, 1.54) is 30.4 Å². The van der Waals surface area contributed by atoms with E-state index in [-0.39, 0.29) is 18.1 Å². The predicted octanol–water partition coefficient (Wildman–Crippen LogP) is 4.15. The summed E-state index contributed by atoms with van der Waals surface area (Å²) < 4.78 is 19.2. The van der Waals surface area contributed by atoms with Crippen LogP contribution < -0.4 is 10.6 Å². The second kappa shape index (κ2) is 8.77. The number of nitrogens with one attached hydrogen (secondary N) is 2. The highest BCUT2D eigenvalue weighted by molar-refractivity contribution is 7.16. The molecule has 144 valence electrons. The van der Waals surface area contributed by atoms with Gasteiger partial charge in [0.25, 0.3) is 5.91 Å². The standard InChI is InChI=1S/C19H21FN2O4S/c1-5-13-10(3)27-18(16(13)19(25)26-6-2)22-17(24)14-9-12(21-11(4)23)7-8-15(14)20/h7-9H,5-6H2,1-4H3,(H,21,23)(H,22,24). The zero-order valence-corrected chi connectivity index (χ0v) is 16.4. The summed E-state index contributed by atoms with van der Waals surface area (Å²) in [5.41, 5.74) is 1.16. The second-order valence-electron chi connectivity index (χ2n) is 5.74. The van der Waals surface area contributed by atoms with Crippen LogP contribution in [0.4, 0.5) is 15.1 Å². The van der Waals surface area contributed by atoms with Crippen molar-refractivity contribution in [3.63, 3.8) is 0 Å². The van der Waals surface area contributed by atoms with Crippen LogP contribution in [-0.4, -0.2) is 24.4 Å². The number of thiophene rings is 1. The van der Waals surface area contributed by atoms with Crippen molar-refractivity contribution in [1.29, 1.82) is 0 Å². The van der Waals surface area contributed by atoms with Gasteiger partial charge in [0.15, 0.2) is 0 Å². The van der Waals surface area contributed by atoms with Gasteiger partial charge in [-0.2, -0.15) is 0 Å². The van der Waals surface area contributed by atoms with Gasteiger partial charge in [-0.15, -0.1) is 11.3 Å². The number of hydrogen-bond donors (Lipinski definition) is 2. The molecular formula is C19H21FN2O4S. The summed E-state index contributed by atoms with van der Waals surface area (Å²) in [6.07, 6.45) is 0.596. The van der Waals surface area contributed by atoms with Crippen LogP contribution in [0.15, 0.2) is 18.2 Å². The molecule has 0 bridgehead atoms. The number of esters is 1. The van der Waals surface area contributed by atoms with Gasteiger partial charge in [-0.1, -0.05) is 6.92 Å². The number of carbonyl (C=O) groups is 3. The zero-order valence-electron chi connectivity index (χ0n) is 15.6. The van der Waals surface area contributed by atoms with E-state index in [9.17, 15) is 18.8 Å². The van der Waals surface area contributed by atoms with Gasteiger partial charge in [-0.25, -0.2) is 9.18 Å². The molecule has 0 aliphatic heterocycles. The van der Waals surface area contributed by atoms with E-state index in [1.54, 1.807) is 6.92 Å². The van der Waals surface area contributed by atoms with Crippen molar-refractivity contribution in [1.82, 2.24) is 0 Å². The van der Waals surface area contributed by atoms with Gasteiger partial charge in [0.05, 0.1) is 17.7 Å². The summed E-state index contributed by atoms with van der Waals surface area (Å²) in [6, 6.07) is 3.71. The van der Waals surface area contributed by atoms with Crippen molar-refractivity contribution in [2.75, 3.05) is 17.2 Å². The Hall–Kier alpha value is -2.74. The second-order valence-corrected chi connectivity index (χ2v) is 6.97. The molecule has 1 heterocycles. The highest BCUT2D eigenvalue weighted by Gasteiger charge is 2.24. The molecule has 0 saturated carbocycles. The number of anilines is 2. The topological polar surface area (TPSA) is 84.5 Å². The number of benzene rings is 1. The Labute approximate surface area is 160 Å². The molecule has 2 amide bonds. The first-order valence-electron chi connectivity index (χ1n) is 8.46. The minimum absolute atomic E-state index is 0.206. The Morgan fingerprint density at radius 2 is 1.89 bits per heavy atom. The third-order valence-corrected chi connectivity index (χ3v) is 4.86. The Bertz CT molecular complexity index is 892. The fourth-order valence-electron chi connectivity index (χ4n) is 2.66. The molecule has 0 spiro atoms. The Kier molecular flexibility index (Phi) is 6.68. The van der Waals surface area contributed by atoms with Gasteiger partial charge in [-0.05, 0) is 44.0 Å². The largest absolute Gasteiger partial charge is 0.462 e. The molecule has 1 aromatic carbocycles. The fraction of sp³-hybridized carbons (Fsp3) is 0.316. The molecule has 0 aliphatic carbocycles. The maximum absolute atomic E-state index is 14.1. The van der Waals surface area contributed by atoms with Crippen molar-refractivity contribution in [2.45, 2.75) is 34.1 Å². The lowest BCUT2D eigenvalue weighted by Crippen LogP contribution is -2.17. The first-order valence-corrected chi connectivity index (χ1v) is 9.27. The number of hydrogen-bond acceptors (Lipinski definition) is 5. The number of halogens is 1. The molecule has 1 aromatic heterocycles. The lowest BCUT2D eigenvalue weighted by atomic mass is 10.1. The number of amides is 2. The molecule has 2 aromatic rings. The Morgan fingerprint density at radius 3 is 2.48 bits per heavy atom. The summed E-state index contributed by atoms with van der Waals surface area (Å²) in [5.74, 6) is -2.31. The molecule has 2 rings (SSSR count). The average molecular weight is 392 g/mol. The summed E-state index contributed by atoms with van der Waals surface area (Å²) in [4.78, 5) is 37.0. The van der Waals surface area contributed by atoms with E-state index in [2.05, 4.69) is 10.6 Å². The lowest BCUT2D eigenvalue weighted by Gasteiger charge is -2.10. The van der Waals surface area contributed by atoms with Crippen LogP contribution in [0, 0.1) is 12.7 Å². The van der Waals surface area contributed by atoms with Gasteiger partial charge in [0, 0.05) is 17.5 Å². The summed E-state index contributed by atoms with van der Waals surface area (Å²) >= 11 is 1.24. The quantitative estimate of drug-likeness (QED) is 0.724. The van der Waals surface area contributed by atoms with E-state index >= 15 is 0 Å². The maximum atomic E-state index is 14.1. The lowest BCUT2D eigenvalue weighted by molar-refractivity contribution is -0.114. The van der Waals surface area contributed by atoms with Crippen molar-refractivity contribution < 1.29 is 23.5 Å². The van der Waals surface area contributed by atoms with E-state index < -0.39 is 17.7 Å². The van der Waals surface area contributed by atoms with Crippen LogP contribution in [0.25, 0.3) is 0 Å². The van der Waals surface area contributed by atoms with E-state index in [4.69, 9.17) is 4.74 Å². The molecule has 2 N–H and O–H groups in total. The molecule has 0 unspecified atom stereocenters. The number of ether oxygens (including phenoxy) is 1. The van der Waals surface area contributed by atoms with Crippen LogP contribution >= 0.6 is 11.3 Å². The third kappa shape index (κ3) is 4.71. The first-order chi connectivity index (χ1) is 12.8. The fourth-order valence-corrected chi connectivity index (χ4v) is 3.79. The van der Waals surface area contributed by atoms with Crippen molar-refractivity contribution in [3.05, 3.63) is 45.6 Å². The van der Waals surface area contributed by atoms with E-state index in [0.29, 0.717) is 22.7 Å². The monoisotopic (exact) mass is 392 g/mol. The molecule has 0 aliphatic rings. The van der Waals surface area contributed by atoms with Crippen LogP contribution in [0.1, 0.15) is 51.9 Å². The molecule has 8 heteroatoms. The van der Waals surface area contributed by atoms with Gasteiger partial charge in [-0.3, -0.25) is 9.59 Å². The van der Waals surface area contributed by atoms with Gasteiger partial charge in [0.1, 0.15) is 10.8 Å². The molecule has 0 atom stereocenters. The normalized spacial score (nSPS) is 10.4. The Balaban J connectivity index is 2.38. The van der Waals surface area contributed by atoms with Gasteiger partial charge in [0.2, 0.25) is 5.91 Å².